The third-order valence-corrected chi connectivity index (χ3v) is 8.37. The molecule has 4 bridgehead atoms. The second kappa shape index (κ2) is 14.5. The first-order valence-electron chi connectivity index (χ1n) is 14.7. The van der Waals surface area contributed by atoms with Gasteiger partial charge in [-0.2, -0.15) is 0 Å². The van der Waals surface area contributed by atoms with E-state index in [0.717, 1.165) is 30.5 Å². The first-order valence-corrected chi connectivity index (χ1v) is 14.7. The number of benzene rings is 2. The van der Waals surface area contributed by atoms with Crippen molar-refractivity contribution in [2.75, 3.05) is 40.8 Å². The molecule has 2 aromatic carbocycles. The number of rotatable bonds is 8. The van der Waals surface area contributed by atoms with Crippen LogP contribution in [0.2, 0.25) is 0 Å². The lowest BCUT2D eigenvalue weighted by Gasteiger charge is -2.26. The maximum absolute atomic E-state index is 13.7. The molecule has 0 saturated carbocycles. The molecule has 2 aliphatic heterocycles. The summed E-state index contributed by atoms with van der Waals surface area (Å²) < 4.78 is 0. The van der Waals surface area contributed by atoms with Gasteiger partial charge in [-0.1, -0.05) is 12.1 Å². The van der Waals surface area contributed by atoms with Gasteiger partial charge in [-0.25, -0.2) is 0 Å². The number of nitrogens with one attached hydrogen (secondary N) is 5. The van der Waals surface area contributed by atoms with E-state index in [1.165, 1.54) is 0 Å². The Hall–Kier alpha value is -3.67. The average molecular weight is 581 g/mol. The van der Waals surface area contributed by atoms with Crippen LogP contribution < -0.4 is 26.6 Å². The lowest BCUT2D eigenvalue weighted by Crippen LogP contribution is -2.57. The summed E-state index contributed by atoms with van der Waals surface area (Å²) in [6.45, 7) is 2.08. The smallest absolute Gasteiger partial charge is 0.243 e. The summed E-state index contributed by atoms with van der Waals surface area (Å²) in [5, 5.41) is 36.2. The minimum atomic E-state index is -0.977. The Kier molecular flexibility index (Phi) is 10.8. The first kappa shape index (κ1) is 31.3. The van der Waals surface area contributed by atoms with Crippen molar-refractivity contribution in [3.8, 4) is 22.6 Å². The summed E-state index contributed by atoms with van der Waals surface area (Å²) in [6, 6.07) is 7.94. The van der Waals surface area contributed by atoms with Crippen LogP contribution in [-0.2, 0) is 27.2 Å². The lowest BCUT2D eigenvalue weighted by atomic mass is 9.95. The number of phenols is 2. The van der Waals surface area contributed by atoms with Gasteiger partial charge >= 0.3 is 0 Å². The van der Waals surface area contributed by atoms with Crippen LogP contribution in [0, 0.1) is 0 Å². The normalized spacial score (nSPS) is 23.4. The SMILES string of the molecule is CNCCC[C@@H]1NC(=O)[C@@H](NC)Cc2cc(ccc2O)-c2ccc(O)c(c2)C[C@@H](C(=O)NCC2CCCN2C)NC1=O. The predicted octanol–water partition coefficient (Wildman–Crippen LogP) is 0.631. The van der Waals surface area contributed by atoms with E-state index in [0.29, 0.717) is 37.1 Å². The van der Waals surface area contributed by atoms with Crippen molar-refractivity contribution in [2.24, 2.45) is 0 Å². The molecule has 4 atom stereocenters. The highest BCUT2D eigenvalue weighted by Crippen LogP contribution is 2.31. The number of aromatic hydroxyl groups is 2. The van der Waals surface area contributed by atoms with Crippen molar-refractivity contribution >= 4 is 17.7 Å². The molecular formula is C31H44N6O5. The second-order valence-corrected chi connectivity index (χ2v) is 11.3. The monoisotopic (exact) mass is 580 g/mol. The zero-order chi connectivity index (χ0) is 30.2. The van der Waals surface area contributed by atoms with Gasteiger partial charge in [0.15, 0.2) is 0 Å². The molecule has 3 amide bonds. The summed E-state index contributed by atoms with van der Waals surface area (Å²) >= 11 is 0. The van der Waals surface area contributed by atoms with Crippen LogP contribution in [0.5, 0.6) is 11.5 Å². The van der Waals surface area contributed by atoms with Crippen LogP contribution in [0.4, 0.5) is 0 Å². The van der Waals surface area contributed by atoms with Crippen LogP contribution in [0.1, 0.15) is 36.8 Å². The Balaban J connectivity index is 1.71. The van der Waals surface area contributed by atoms with Gasteiger partial charge in [0.05, 0.1) is 6.04 Å². The number of hydrogen-bond donors (Lipinski definition) is 7. The lowest BCUT2D eigenvalue weighted by molar-refractivity contribution is -0.132. The topological polar surface area (TPSA) is 155 Å². The highest BCUT2D eigenvalue weighted by atomic mass is 16.3. The molecular weight excluding hydrogens is 536 g/mol. The zero-order valence-electron chi connectivity index (χ0n) is 24.7. The van der Waals surface area contributed by atoms with E-state index >= 15 is 0 Å². The summed E-state index contributed by atoms with van der Waals surface area (Å²) in [5.74, 6) is -1.13. The standard InChI is InChI=1S/C31H44N6O5/c1-32-12-4-7-24-30(41)36-26(29(40)34-18-23-6-5-13-37(23)3)17-22-15-20(9-11-28(22)39)19-8-10-27(38)21(14-19)16-25(33-2)31(42)35-24/h8-11,14-15,23-26,32-33,38-39H,4-7,12-13,16-18H2,1-3H3,(H,34,40)(H,35,42)(H,36,41)/t23?,24-,25-,26-/m0/s1. The maximum atomic E-state index is 13.7. The first-order chi connectivity index (χ1) is 20.2. The van der Waals surface area contributed by atoms with Crippen LogP contribution in [0.3, 0.4) is 0 Å². The molecule has 1 fully saturated rings. The van der Waals surface area contributed by atoms with Crippen molar-refractivity contribution in [1.29, 1.82) is 0 Å². The van der Waals surface area contributed by atoms with E-state index < -0.39 is 24.0 Å². The predicted molar refractivity (Wildman–Crippen MR) is 161 cm³/mol. The van der Waals surface area contributed by atoms with Crippen LogP contribution >= 0.6 is 0 Å². The second-order valence-electron chi connectivity index (χ2n) is 11.3. The number of nitrogens with zero attached hydrogens (tertiary/aromatic N) is 1. The molecule has 4 rings (SSSR count). The Morgan fingerprint density at radius 3 is 2.24 bits per heavy atom. The van der Waals surface area contributed by atoms with Gasteiger partial charge in [0.1, 0.15) is 23.6 Å². The summed E-state index contributed by atoms with van der Waals surface area (Å²) in [5.41, 5.74) is 2.62. The van der Waals surface area contributed by atoms with Crippen molar-refractivity contribution in [2.45, 2.75) is 62.7 Å². The molecule has 0 spiro atoms. The fourth-order valence-corrected chi connectivity index (χ4v) is 5.71. The molecule has 0 radical (unpaired) electrons. The Bertz CT molecular complexity index is 1270. The molecule has 2 aliphatic rings. The van der Waals surface area contributed by atoms with E-state index in [9.17, 15) is 24.6 Å². The highest BCUT2D eigenvalue weighted by Gasteiger charge is 2.31. The number of amides is 3. The summed E-state index contributed by atoms with van der Waals surface area (Å²) in [6.07, 6.45) is 3.28. The van der Waals surface area contributed by atoms with Crippen LogP contribution in [0.15, 0.2) is 36.4 Å². The zero-order valence-corrected chi connectivity index (χ0v) is 24.7. The Labute approximate surface area is 247 Å². The average Bonchev–Trinajstić information content (AvgIpc) is 3.39. The fourth-order valence-electron chi connectivity index (χ4n) is 5.71. The Morgan fingerprint density at radius 2 is 1.64 bits per heavy atom. The molecule has 0 aromatic heterocycles. The molecule has 2 heterocycles. The van der Waals surface area contributed by atoms with Crippen molar-refractivity contribution in [3.05, 3.63) is 47.5 Å². The Morgan fingerprint density at radius 1 is 0.976 bits per heavy atom. The largest absolute Gasteiger partial charge is 0.508 e. The van der Waals surface area contributed by atoms with Crippen molar-refractivity contribution in [1.82, 2.24) is 31.5 Å². The fraction of sp³-hybridized carbons (Fsp3) is 0.516. The maximum Gasteiger partial charge on any atom is 0.243 e. The molecule has 1 unspecified atom stereocenters. The van der Waals surface area contributed by atoms with E-state index in [4.69, 9.17) is 0 Å². The molecule has 0 aliphatic carbocycles. The third kappa shape index (κ3) is 7.78. The molecule has 11 nitrogen and oxygen atoms in total. The quantitative estimate of drug-likeness (QED) is 0.224. The van der Waals surface area contributed by atoms with Gasteiger partial charge < -0.3 is 41.7 Å². The van der Waals surface area contributed by atoms with Gasteiger partial charge in [-0.3, -0.25) is 14.4 Å². The molecule has 7 N–H and O–H groups in total. The highest BCUT2D eigenvalue weighted by molar-refractivity contribution is 5.93. The minimum absolute atomic E-state index is 0.0127. The number of hydrogen-bond acceptors (Lipinski definition) is 8. The molecule has 228 valence electrons. The number of likely N-dealkylation sites (tertiary alicyclic amines) is 1. The number of fused-ring (bicyclic) bond motifs is 5. The summed E-state index contributed by atoms with van der Waals surface area (Å²) in [4.78, 5) is 42.8. The van der Waals surface area contributed by atoms with E-state index in [1.54, 1.807) is 37.4 Å². The molecule has 42 heavy (non-hydrogen) atoms. The third-order valence-electron chi connectivity index (χ3n) is 8.37. The molecule has 1 saturated heterocycles. The molecule has 11 heteroatoms. The van der Waals surface area contributed by atoms with Crippen LogP contribution in [0.25, 0.3) is 11.1 Å². The van der Waals surface area contributed by atoms with E-state index in [-0.39, 0.29) is 42.2 Å². The summed E-state index contributed by atoms with van der Waals surface area (Å²) in [7, 11) is 5.50. The van der Waals surface area contributed by atoms with E-state index in [2.05, 4.69) is 31.5 Å². The van der Waals surface area contributed by atoms with Crippen molar-refractivity contribution < 1.29 is 24.6 Å². The van der Waals surface area contributed by atoms with Gasteiger partial charge in [-0.15, -0.1) is 0 Å². The minimum Gasteiger partial charge on any atom is -0.508 e. The van der Waals surface area contributed by atoms with Crippen molar-refractivity contribution in [3.63, 3.8) is 0 Å². The number of phenolic OH excluding ortho intramolecular Hbond substituents is 2. The number of carbonyl (C=O) groups is 3. The van der Waals surface area contributed by atoms with Gasteiger partial charge in [0.25, 0.3) is 0 Å². The van der Waals surface area contributed by atoms with Crippen LogP contribution in [-0.4, -0.2) is 97.8 Å². The van der Waals surface area contributed by atoms with Gasteiger partial charge in [0.2, 0.25) is 17.7 Å². The number of carbonyl (C=O) groups excluding carboxylic acids is 3. The van der Waals surface area contributed by atoms with Gasteiger partial charge in [-0.05, 0) is 106 Å². The van der Waals surface area contributed by atoms with E-state index in [1.807, 2.05) is 20.2 Å². The number of likely N-dealkylation sites (N-methyl/N-ethyl adjacent to an activating group) is 2. The van der Waals surface area contributed by atoms with Gasteiger partial charge in [0, 0.05) is 25.4 Å². The molecule has 2 aromatic rings.